The Balaban J connectivity index is 1.37. The summed E-state index contributed by atoms with van der Waals surface area (Å²) in [5.74, 6) is 1.90. The molecule has 7 nitrogen and oxygen atoms in total. The Bertz CT molecular complexity index is 1460. The SMILES string of the molecule is CCOc1cc(/C=C2\SC(=O)N(Cc3cc4c(cc3Cl)OCO4)C2=O)cc(I)c1OCc1ccccc1C. The minimum atomic E-state index is -0.387. The van der Waals surface area contributed by atoms with Gasteiger partial charge in [0.05, 0.1) is 21.6 Å². The van der Waals surface area contributed by atoms with Crippen molar-refractivity contribution in [3.05, 3.63) is 84.3 Å². The highest BCUT2D eigenvalue weighted by Gasteiger charge is 2.36. The van der Waals surface area contributed by atoms with Gasteiger partial charge in [-0.25, -0.2) is 0 Å². The van der Waals surface area contributed by atoms with E-state index in [0.717, 1.165) is 32.0 Å². The van der Waals surface area contributed by atoms with Crippen LogP contribution in [0.4, 0.5) is 4.79 Å². The van der Waals surface area contributed by atoms with Gasteiger partial charge in [-0.15, -0.1) is 0 Å². The Hall–Kier alpha value is -2.89. The number of nitrogens with zero attached hydrogens (tertiary/aromatic N) is 1. The van der Waals surface area contributed by atoms with Crippen molar-refractivity contribution < 1.29 is 28.5 Å². The summed E-state index contributed by atoms with van der Waals surface area (Å²) < 4.78 is 23.6. The standard InChI is InChI=1S/C28H23ClINO6S/c1-3-34-24-9-17(8-21(30)26(24)35-14-18-7-5-4-6-16(18)2)10-25-27(32)31(28(33)38-25)13-19-11-22-23(12-20(19)29)37-15-36-22/h4-12H,3,13-15H2,1-2H3/b25-10-. The molecular formula is C28H23ClINO6S. The first-order valence-electron chi connectivity index (χ1n) is 11.8. The van der Waals surface area contributed by atoms with E-state index in [0.29, 0.717) is 51.7 Å². The van der Waals surface area contributed by atoms with Gasteiger partial charge in [0.1, 0.15) is 6.61 Å². The first-order valence-corrected chi connectivity index (χ1v) is 14.1. The van der Waals surface area contributed by atoms with Crippen molar-refractivity contribution in [2.24, 2.45) is 0 Å². The first kappa shape index (κ1) is 26.7. The van der Waals surface area contributed by atoms with Crippen LogP contribution >= 0.6 is 46.0 Å². The number of imide groups is 1. The van der Waals surface area contributed by atoms with Crippen molar-refractivity contribution in [2.45, 2.75) is 27.0 Å². The second kappa shape index (κ2) is 11.5. The number of ether oxygens (including phenoxy) is 4. The van der Waals surface area contributed by atoms with E-state index in [4.69, 9.17) is 30.5 Å². The van der Waals surface area contributed by atoms with Gasteiger partial charge < -0.3 is 18.9 Å². The average molecular weight is 664 g/mol. The number of thioether (sulfide) groups is 1. The number of carbonyl (C=O) groups is 2. The molecule has 10 heteroatoms. The van der Waals surface area contributed by atoms with E-state index in [2.05, 4.69) is 22.6 Å². The molecule has 0 saturated carbocycles. The van der Waals surface area contributed by atoms with Crippen molar-refractivity contribution >= 4 is 63.2 Å². The minimum absolute atomic E-state index is 0.0326. The summed E-state index contributed by atoms with van der Waals surface area (Å²) in [4.78, 5) is 27.4. The lowest BCUT2D eigenvalue weighted by Crippen LogP contribution is -2.27. The largest absolute Gasteiger partial charge is 0.490 e. The van der Waals surface area contributed by atoms with Crippen LogP contribution in [0.1, 0.15) is 29.2 Å². The monoisotopic (exact) mass is 663 g/mol. The number of amides is 2. The lowest BCUT2D eigenvalue weighted by atomic mass is 10.1. The van der Waals surface area contributed by atoms with Gasteiger partial charge in [-0.3, -0.25) is 14.5 Å². The van der Waals surface area contributed by atoms with Crippen LogP contribution in [0, 0.1) is 10.5 Å². The predicted molar refractivity (Wildman–Crippen MR) is 155 cm³/mol. The maximum atomic E-state index is 13.2. The molecule has 0 atom stereocenters. The van der Waals surface area contributed by atoms with E-state index >= 15 is 0 Å². The molecule has 0 radical (unpaired) electrons. The summed E-state index contributed by atoms with van der Waals surface area (Å²) in [6, 6.07) is 15.1. The molecule has 0 spiro atoms. The number of rotatable bonds is 8. The van der Waals surface area contributed by atoms with Gasteiger partial charge in [0.25, 0.3) is 11.1 Å². The molecule has 2 heterocycles. The molecule has 0 N–H and O–H groups in total. The van der Waals surface area contributed by atoms with Crippen molar-refractivity contribution in [2.75, 3.05) is 13.4 Å². The molecule has 5 rings (SSSR count). The second-order valence-corrected chi connectivity index (χ2v) is 11.1. The zero-order valence-electron chi connectivity index (χ0n) is 20.6. The summed E-state index contributed by atoms with van der Waals surface area (Å²) in [7, 11) is 0. The topological polar surface area (TPSA) is 74.3 Å². The Morgan fingerprint density at radius 2 is 1.84 bits per heavy atom. The molecule has 0 aliphatic carbocycles. The molecule has 38 heavy (non-hydrogen) atoms. The van der Waals surface area contributed by atoms with E-state index < -0.39 is 0 Å². The molecule has 0 bridgehead atoms. The highest BCUT2D eigenvalue weighted by molar-refractivity contribution is 14.1. The smallest absolute Gasteiger partial charge is 0.293 e. The van der Waals surface area contributed by atoms with Crippen LogP contribution in [0.3, 0.4) is 0 Å². The van der Waals surface area contributed by atoms with Crippen LogP contribution in [-0.2, 0) is 17.9 Å². The van der Waals surface area contributed by atoms with E-state index in [1.165, 1.54) is 4.90 Å². The van der Waals surface area contributed by atoms with Crippen LogP contribution in [0.5, 0.6) is 23.0 Å². The van der Waals surface area contributed by atoms with E-state index in [-0.39, 0.29) is 24.5 Å². The molecule has 2 amide bonds. The third kappa shape index (κ3) is 5.60. The summed E-state index contributed by atoms with van der Waals surface area (Å²) in [6.07, 6.45) is 1.70. The molecule has 196 valence electrons. The Morgan fingerprint density at radius 1 is 1.08 bits per heavy atom. The molecular weight excluding hydrogens is 641 g/mol. The van der Waals surface area contributed by atoms with Crippen LogP contribution < -0.4 is 18.9 Å². The molecule has 2 aliphatic heterocycles. The van der Waals surface area contributed by atoms with Gasteiger partial charge in [0.2, 0.25) is 6.79 Å². The number of hydrogen-bond acceptors (Lipinski definition) is 7. The van der Waals surface area contributed by atoms with Gasteiger partial charge in [-0.1, -0.05) is 35.9 Å². The number of benzene rings is 3. The second-order valence-electron chi connectivity index (χ2n) is 8.54. The van der Waals surface area contributed by atoms with Gasteiger partial charge in [0.15, 0.2) is 23.0 Å². The normalized spacial score (nSPS) is 15.5. The Kier molecular flexibility index (Phi) is 8.06. The van der Waals surface area contributed by atoms with Gasteiger partial charge >= 0.3 is 0 Å². The van der Waals surface area contributed by atoms with Crippen molar-refractivity contribution in [3.8, 4) is 23.0 Å². The molecule has 0 aromatic heterocycles. The van der Waals surface area contributed by atoms with Crippen molar-refractivity contribution in [3.63, 3.8) is 0 Å². The van der Waals surface area contributed by atoms with Gasteiger partial charge in [0, 0.05) is 11.1 Å². The van der Waals surface area contributed by atoms with Crippen LogP contribution in [0.25, 0.3) is 6.08 Å². The van der Waals surface area contributed by atoms with E-state index in [1.807, 2.05) is 50.2 Å². The van der Waals surface area contributed by atoms with Crippen LogP contribution in [-0.4, -0.2) is 29.4 Å². The Labute approximate surface area is 243 Å². The highest BCUT2D eigenvalue weighted by Crippen LogP contribution is 2.41. The van der Waals surface area contributed by atoms with Crippen molar-refractivity contribution in [1.29, 1.82) is 0 Å². The summed E-state index contributed by atoms with van der Waals surface area (Å²) in [6.45, 7) is 4.94. The lowest BCUT2D eigenvalue weighted by Gasteiger charge is -2.16. The number of hydrogen-bond donors (Lipinski definition) is 0. The van der Waals surface area contributed by atoms with Crippen molar-refractivity contribution in [1.82, 2.24) is 4.90 Å². The van der Waals surface area contributed by atoms with Crippen LogP contribution in [0.2, 0.25) is 5.02 Å². The third-order valence-electron chi connectivity index (χ3n) is 6.01. The molecule has 3 aromatic carbocycles. The molecule has 3 aromatic rings. The first-order chi connectivity index (χ1) is 18.3. The summed E-state index contributed by atoms with van der Waals surface area (Å²) in [5.41, 5.74) is 3.57. The average Bonchev–Trinajstić information content (AvgIpc) is 3.44. The molecule has 2 aliphatic rings. The number of carbonyl (C=O) groups excluding carboxylic acids is 2. The Morgan fingerprint density at radius 3 is 2.61 bits per heavy atom. The summed E-state index contributed by atoms with van der Waals surface area (Å²) >= 11 is 9.45. The highest BCUT2D eigenvalue weighted by atomic mass is 127. The molecule has 1 fully saturated rings. The van der Waals surface area contributed by atoms with Gasteiger partial charge in [-0.2, -0.15) is 0 Å². The zero-order chi connectivity index (χ0) is 26.8. The molecule has 0 unspecified atom stereocenters. The fraction of sp³-hybridized carbons (Fsp3) is 0.214. The molecule has 1 saturated heterocycles. The maximum Gasteiger partial charge on any atom is 0.293 e. The van der Waals surface area contributed by atoms with Gasteiger partial charge in [-0.05, 0) is 94.7 Å². The fourth-order valence-electron chi connectivity index (χ4n) is 4.03. The number of fused-ring (bicyclic) bond motifs is 1. The number of halogens is 2. The van der Waals surface area contributed by atoms with E-state index in [1.54, 1.807) is 18.2 Å². The fourth-order valence-corrected chi connectivity index (χ4v) is 5.87. The predicted octanol–water partition coefficient (Wildman–Crippen LogP) is 7.20. The summed E-state index contributed by atoms with van der Waals surface area (Å²) in [5, 5.41) is 0.0300. The maximum absolute atomic E-state index is 13.2. The minimum Gasteiger partial charge on any atom is -0.490 e. The lowest BCUT2D eigenvalue weighted by molar-refractivity contribution is -0.123. The zero-order valence-corrected chi connectivity index (χ0v) is 24.3. The van der Waals surface area contributed by atoms with Crippen LogP contribution in [0.15, 0.2) is 53.4 Å². The third-order valence-corrected chi connectivity index (χ3v) is 8.07. The quantitative estimate of drug-likeness (QED) is 0.187. The van der Waals surface area contributed by atoms with E-state index in [9.17, 15) is 9.59 Å². The number of aryl methyl sites for hydroxylation is 1.